The number of anilines is 1. The first-order chi connectivity index (χ1) is 9.15. The highest BCUT2D eigenvalue weighted by atomic mass is 15.1. The van der Waals surface area contributed by atoms with E-state index in [4.69, 9.17) is 5.73 Å². The third kappa shape index (κ3) is 2.24. The van der Waals surface area contributed by atoms with Gasteiger partial charge >= 0.3 is 0 Å². The van der Waals surface area contributed by atoms with E-state index in [1.54, 1.807) is 0 Å². The number of benzene rings is 2. The lowest BCUT2D eigenvalue weighted by atomic mass is 9.99. The van der Waals surface area contributed by atoms with E-state index < -0.39 is 0 Å². The van der Waals surface area contributed by atoms with Gasteiger partial charge in [0.2, 0.25) is 0 Å². The van der Waals surface area contributed by atoms with Crippen LogP contribution in [0.4, 0.5) is 5.69 Å². The molecule has 2 N–H and O–H groups in total. The van der Waals surface area contributed by atoms with E-state index in [-0.39, 0.29) is 6.04 Å². The lowest BCUT2D eigenvalue weighted by molar-refractivity contribution is 0.713. The lowest BCUT2D eigenvalue weighted by Crippen LogP contribution is -2.07. The van der Waals surface area contributed by atoms with Crippen molar-refractivity contribution in [2.75, 3.05) is 19.0 Å². The molecule has 1 atom stereocenters. The normalized spacial score (nSPS) is 17.3. The van der Waals surface area contributed by atoms with E-state index >= 15 is 0 Å². The van der Waals surface area contributed by atoms with Gasteiger partial charge in [0.25, 0.3) is 0 Å². The van der Waals surface area contributed by atoms with Crippen LogP contribution in [0.25, 0.3) is 11.1 Å². The molecule has 0 aromatic heterocycles. The summed E-state index contributed by atoms with van der Waals surface area (Å²) < 4.78 is 0. The summed E-state index contributed by atoms with van der Waals surface area (Å²) in [5.74, 6) is 0. The topological polar surface area (TPSA) is 29.3 Å². The van der Waals surface area contributed by atoms with Gasteiger partial charge in [-0.2, -0.15) is 0 Å². The highest BCUT2D eigenvalue weighted by Gasteiger charge is 2.18. The van der Waals surface area contributed by atoms with Gasteiger partial charge in [-0.1, -0.05) is 30.3 Å². The fourth-order valence-electron chi connectivity index (χ4n) is 2.78. The van der Waals surface area contributed by atoms with Crippen molar-refractivity contribution in [1.82, 2.24) is 0 Å². The van der Waals surface area contributed by atoms with Crippen molar-refractivity contribution in [3.05, 3.63) is 53.6 Å². The van der Waals surface area contributed by atoms with E-state index in [0.29, 0.717) is 0 Å². The quantitative estimate of drug-likeness (QED) is 0.888. The summed E-state index contributed by atoms with van der Waals surface area (Å²) in [7, 11) is 4.12. The van der Waals surface area contributed by atoms with Crippen LogP contribution in [-0.4, -0.2) is 14.1 Å². The highest BCUT2D eigenvalue weighted by molar-refractivity contribution is 5.68. The van der Waals surface area contributed by atoms with Gasteiger partial charge in [0.05, 0.1) is 0 Å². The monoisotopic (exact) mass is 252 g/mol. The highest BCUT2D eigenvalue weighted by Crippen LogP contribution is 2.33. The van der Waals surface area contributed by atoms with Gasteiger partial charge in [-0.05, 0) is 47.2 Å². The van der Waals surface area contributed by atoms with Crippen LogP contribution in [0.15, 0.2) is 42.5 Å². The average molecular weight is 252 g/mol. The molecular formula is C17H20N2. The molecule has 1 aliphatic carbocycles. The molecule has 98 valence electrons. The van der Waals surface area contributed by atoms with Crippen LogP contribution in [0, 0.1) is 0 Å². The Morgan fingerprint density at radius 3 is 2.37 bits per heavy atom. The number of rotatable bonds is 2. The van der Waals surface area contributed by atoms with Crippen LogP contribution in [0.3, 0.4) is 0 Å². The molecule has 1 unspecified atom stereocenters. The molecule has 0 spiro atoms. The zero-order chi connectivity index (χ0) is 13.4. The number of nitrogens with zero attached hydrogens (tertiary/aromatic N) is 1. The Labute approximate surface area is 114 Å². The van der Waals surface area contributed by atoms with Crippen LogP contribution in [0.5, 0.6) is 0 Å². The largest absolute Gasteiger partial charge is 0.378 e. The van der Waals surface area contributed by atoms with Crippen LogP contribution in [0.1, 0.15) is 23.6 Å². The molecule has 0 radical (unpaired) electrons. The SMILES string of the molecule is CN(C)c1ccc(-c2ccc3c(c2)CCC3N)cc1. The van der Waals surface area contributed by atoms with Crippen LogP contribution >= 0.6 is 0 Å². The van der Waals surface area contributed by atoms with E-state index in [1.807, 2.05) is 0 Å². The zero-order valence-electron chi connectivity index (χ0n) is 11.6. The summed E-state index contributed by atoms with van der Waals surface area (Å²) in [6.07, 6.45) is 2.19. The Bertz CT molecular complexity index is 585. The molecule has 2 aromatic rings. The molecule has 0 saturated carbocycles. The molecule has 2 aromatic carbocycles. The zero-order valence-corrected chi connectivity index (χ0v) is 11.6. The van der Waals surface area contributed by atoms with Crippen molar-refractivity contribution in [3.63, 3.8) is 0 Å². The second-order valence-electron chi connectivity index (χ2n) is 5.50. The molecule has 1 aliphatic rings. The molecule has 19 heavy (non-hydrogen) atoms. The van der Waals surface area contributed by atoms with Crippen molar-refractivity contribution in [2.24, 2.45) is 5.73 Å². The number of fused-ring (bicyclic) bond motifs is 1. The number of hydrogen-bond donors (Lipinski definition) is 1. The van der Waals surface area contributed by atoms with E-state index in [0.717, 1.165) is 12.8 Å². The summed E-state index contributed by atoms with van der Waals surface area (Å²) in [5.41, 5.74) is 12.6. The molecule has 0 amide bonds. The smallest absolute Gasteiger partial charge is 0.0361 e. The predicted octanol–water partition coefficient (Wildman–Crippen LogP) is 3.37. The molecule has 2 nitrogen and oxygen atoms in total. The first kappa shape index (κ1) is 12.2. The van der Waals surface area contributed by atoms with Gasteiger partial charge in [0.1, 0.15) is 0 Å². The molecule has 0 saturated heterocycles. The summed E-state index contributed by atoms with van der Waals surface area (Å²) in [5, 5.41) is 0. The number of hydrogen-bond acceptors (Lipinski definition) is 2. The van der Waals surface area contributed by atoms with Gasteiger partial charge in [-0.3, -0.25) is 0 Å². The van der Waals surface area contributed by atoms with Crippen molar-refractivity contribution < 1.29 is 0 Å². The van der Waals surface area contributed by atoms with Gasteiger partial charge in [-0.15, -0.1) is 0 Å². The maximum Gasteiger partial charge on any atom is 0.0361 e. The second kappa shape index (κ2) is 4.71. The van der Waals surface area contributed by atoms with Crippen LogP contribution in [0.2, 0.25) is 0 Å². The summed E-state index contributed by atoms with van der Waals surface area (Å²) in [6.45, 7) is 0. The Kier molecular flexibility index (Phi) is 3.03. The maximum absolute atomic E-state index is 6.08. The first-order valence-electron chi connectivity index (χ1n) is 6.81. The van der Waals surface area contributed by atoms with Gasteiger partial charge in [0.15, 0.2) is 0 Å². The average Bonchev–Trinajstić information content (AvgIpc) is 2.80. The van der Waals surface area contributed by atoms with Gasteiger partial charge < -0.3 is 10.6 Å². The molecule has 0 heterocycles. The Morgan fingerprint density at radius 1 is 1.00 bits per heavy atom. The molecule has 0 aliphatic heterocycles. The first-order valence-corrected chi connectivity index (χ1v) is 6.81. The van der Waals surface area contributed by atoms with Gasteiger partial charge in [0, 0.05) is 25.8 Å². The van der Waals surface area contributed by atoms with E-state index in [1.165, 1.54) is 27.9 Å². The predicted molar refractivity (Wildman–Crippen MR) is 81.5 cm³/mol. The fraction of sp³-hybridized carbons (Fsp3) is 0.294. The Morgan fingerprint density at radius 2 is 1.68 bits per heavy atom. The Balaban J connectivity index is 1.94. The fourth-order valence-corrected chi connectivity index (χ4v) is 2.78. The third-order valence-corrected chi connectivity index (χ3v) is 3.98. The van der Waals surface area contributed by atoms with Gasteiger partial charge in [-0.25, -0.2) is 0 Å². The molecule has 0 bridgehead atoms. The standard InChI is InChI=1S/C17H20N2/c1-19(2)15-7-3-12(4-8-15)13-5-9-16-14(11-13)6-10-17(16)18/h3-5,7-9,11,17H,6,10,18H2,1-2H3. The van der Waals surface area contributed by atoms with Crippen molar-refractivity contribution in [3.8, 4) is 11.1 Å². The van der Waals surface area contributed by atoms with Crippen molar-refractivity contribution in [1.29, 1.82) is 0 Å². The van der Waals surface area contributed by atoms with Crippen LogP contribution in [-0.2, 0) is 6.42 Å². The summed E-state index contributed by atoms with van der Waals surface area (Å²) in [4.78, 5) is 2.12. The molecular weight excluding hydrogens is 232 g/mol. The molecule has 2 heteroatoms. The second-order valence-corrected chi connectivity index (χ2v) is 5.50. The summed E-state index contributed by atoms with van der Waals surface area (Å²) >= 11 is 0. The van der Waals surface area contributed by atoms with E-state index in [9.17, 15) is 0 Å². The Hall–Kier alpha value is -1.80. The summed E-state index contributed by atoms with van der Waals surface area (Å²) in [6, 6.07) is 15.6. The number of nitrogens with two attached hydrogens (primary N) is 1. The maximum atomic E-state index is 6.08. The van der Waals surface area contributed by atoms with Crippen LogP contribution < -0.4 is 10.6 Å². The molecule has 0 fully saturated rings. The van der Waals surface area contributed by atoms with E-state index in [2.05, 4.69) is 61.5 Å². The number of aryl methyl sites for hydroxylation is 1. The lowest BCUT2D eigenvalue weighted by Gasteiger charge is -2.13. The minimum atomic E-state index is 0.236. The van der Waals surface area contributed by atoms with Crippen molar-refractivity contribution in [2.45, 2.75) is 18.9 Å². The van der Waals surface area contributed by atoms with Crippen molar-refractivity contribution >= 4 is 5.69 Å². The third-order valence-electron chi connectivity index (χ3n) is 3.98. The minimum absolute atomic E-state index is 0.236. The minimum Gasteiger partial charge on any atom is -0.378 e. The molecule has 3 rings (SSSR count).